The molecule has 3 aromatic rings. The highest BCUT2D eigenvalue weighted by atomic mass is 32.2. The van der Waals surface area contributed by atoms with Crippen LogP contribution < -0.4 is 10.0 Å². The van der Waals surface area contributed by atoms with Gasteiger partial charge in [0, 0.05) is 41.8 Å². The maximum atomic E-state index is 12.6. The van der Waals surface area contributed by atoms with Gasteiger partial charge in [0.05, 0.1) is 4.90 Å². The number of nitrogens with one attached hydrogen (secondary N) is 2. The van der Waals surface area contributed by atoms with Gasteiger partial charge in [-0.25, -0.2) is 8.42 Å². The van der Waals surface area contributed by atoms with Gasteiger partial charge in [-0.1, -0.05) is 24.3 Å². The minimum Gasteiger partial charge on any atom is -0.322 e. The van der Waals surface area contributed by atoms with E-state index in [9.17, 15) is 13.2 Å². The van der Waals surface area contributed by atoms with Gasteiger partial charge in [0.15, 0.2) is 0 Å². The molecule has 0 bridgehead atoms. The van der Waals surface area contributed by atoms with Gasteiger partial charge in [0.2, 0.25) is 5.91 Å². The summed E-state index contributed by atoms with van der Waals surface area (Å²) in [6.07, 6.45) is 4.67. The zero-order valence-corrected chi connectivity index (χ0v) is 19.4. The molecule has 2 heterocycles. The molecular formula is C25H26N4O3S. The largest absolute Gasteiger partial charge is 0.322 e. The summed E-state index contributed by atoms with van der Waals surface area (Å²) < 4.78 is 29.9. The van der Waals surface area contributed by atoms with Gasteiger partial charge in [0.1, 0.15) is 5.84 Å². The van der Waals surface area contributed by atoms with Crippen molar-refractivity contribution in [1.29, 1.82) is 0 Å². The van der Waals surface area contributed by atoms with Crippen molar-refractivity contribution in [1.82, 2.24) is 9.29 Å². The number of amidine groups is 1. The smallest absolute Gasteiger partial charge is 0.262 e. The number of benzene rings is 2. The summed E-state index contributed by atoms with van der Waals surface area (Å²) >= 11 is 0. The monoisotopic (exact) mass is 462 g/mol. The highest BCUT2D eigenvalue weighted by Gasteiger charge is 2.18. The average Bonchev–Trinajstić information content (AvgIpc) is 3.39. The number of aliphatic imine (C=N–C) groups is 1. The molecule has 2 aromatic carbocycles. The van der Waals surface area contributed by atoms with Gasteiger partial charge in [-0.15, -0.1) is 0 Å². The molecule has 0 unspecified atom stereocenters. The molecule has 33 heavy (non-hydrogen) atoms. The van der Waals surface area contributed by atoms with E-state index in [1.807, 2.05) is 50.2 Å². The second-order valence-electron chi connectivity index (χ2n) is 7.89. The summed E-state index contributed by atoms with van der Waals surface area (Å²) in [7, 11) is -3.74. The van der Waals surface area contributed by atoms with Crippen LogP contribution in [-0.2, 0) is 14.8 Å². The van der Waals surface area contributed by atoms with Gasteiger partial charge in [-0.2, -0.15) is 0 Å². The van der Waals surface area contributed by atoms with Gasteiger partial charge in [0.25, 0.3) is 10.0 Å². The zero-order valence-electron chi connectivity index (χ0n) is 18.6. The molecule has 8 heteroatoms. The predicted molar refractivity (Wildman–Crippen MR) is 131 cm³/mol. The molecule has 0 radical (unpaired) electrons. The van der Waals surface area contributed by atoms with Crippen LogP contribution in [0.25, 0.3) is 11.8 Å². The summed E-state index contributed by atoms with van der Waals surface area (Å²) in [5.41, 5.74) is 4.49. The lowest BCUT2D eigenvalue weighted by atomic mass is 10.2. The topological polar surface area (TPSA) is 92.6 Å². The first-order chi connectivity index (χ1) is 15.8. The van der Waals surface area contributed by atoms with E-state index >= 15 is 0 Å². The Bertz CT molecular complexity index is 1340. The van der Waals surface area contributed by atoms with E-state index in [1.165, 1.54) is 18.2 Å². The molecule has 1 aliphatic heterocycles. The van der Waals surface area contributed by atoms with Crippen LogP contribution >= 0.6 is 0 Å². The second-order valence-corrected chi connectivity index (χ2v) is 9.57. The number of carbonyl (C=O) groups excluding carboxylic acids is 1. The van der Waals surface area contributed by atoms with Crippen LogP contribution in [0.4, 0.5) is 5.69 Å². The first-order valence-corrected chi connectivity index (χ1v) is 12.2. The summed E-state index contributed by atoms with van der Waals surface area (Å²) in [4.78, 5) is 16.7. The molecule has 1 amide bonds. The number of nitrogens with zero attached hydrogens (tertiary/aromatic N) is 2. The fraction of sp³-hybridized carbons (Fsp3) is 0.200. The fourth-order valence-electron chi connectivity index (χ4n) is 3.86. The third-order valence-electron chi connectivity index (χ3n) is 5.44. The first kappa shape index (κ1) is 22.5. The van der Waals surface area contributed by atoms with E-state index in [-0.39, 0.29) is 10.8 Å². The number of amides is 1. The third kappa shape index (κ3) is 5.23. The molecule has 0 atom stereocenters. The summed E-state index contributed by atoms with van der Waals surface area (Å²) in [5, 5.41) is 2.74. The highest BCUT2D eigenvalue weighted by Crippen LogP contribution is 2.22. The van der Waals surface area contributed by atoms with E-state index in [4.69, 9.17) is 0 Å². The van der Waals surface area contributed by atoms with Gasteiger partial charge < -0.3 is 9.88 Å². The second kappa shape index (κ2) is 9.46. The van der Waals surface area contributed by atoms with Crippen LogP contribution in [-0.4, -0.2) is 31.3 Å². The Morgan fingerprint density at radius 3 is 2.58 bits per heavy atom. The molecule has 7 nitrogen and oxygen atoms in total. The molecule has 0 fully saturated rings. The van der Waals surface area contributed by atoms with Crippen LogP contribution in [0.2, 0.25) is 0 Å². The average molecular weight is 463 g/mol. The van der Waals surface area contributed by atoms with Crippen LogP contribution in [0.5, 0.6) is 0 Å². The van der Waals surface area contributed by atoms with Crippen molar-refractivity contribution in [2.45, 2.75) is 31.6 Å². The molecule has 0 aliphatic carbocycles. The van der Waals surface area contributed by atoms with Crippen LogP contribution in [0.3, 0.4) is 0 Å². The number of para-hydroxylation sites is 1. The number of hydrogen-bond acceptors (Lipinski definition) is 4. The number of anilines is 1. The fourth-order valence-corrected chi connectivity index (χ4v) is 4.99. The third-order valence-corrected chi connectivity index (χ3v) is 6.82. The van der Waals surface area contributed by atoms with E-state index in [1.54, 1.807) is 18.2 Å². The van der Waals surface area contributed by atoms with Crippen molar-refractivity contribution in [3.8, 4) is 5.69 Å². The minimum atomic E-state index is -3.74. The lowest BCUT2D eigenvalue weighted by Gasteiger charge is -2.09. The van der Waals surface area contributed by atoms with Crippen LogP contribution in [0.1, 0.15) is 29.8 Å². The van der Waals surface area contributed by atoms with Gasteiger partial charge >= 0.3 is 0 Å². The van der Waals surface area contributed by atoms with E-state index < -0.39 is 10.0 Å². The maximum absolute atomic E-state index is 12.6. The van der Waals surface area contributed by atoms with Crippen molar-refractivity contribution in [2.75, 3.05) is 11.9 Å². The Morgan fingerprint density at radius 2 is 1.85 bits per heavy atom. The van der Waals surface area contributed by atoms with Crippen LogP contribution in [0, 0.1) is 13.8 Å². The van der Waals surface area contributed by atoms with Crippen LogP contribution in [0.15, 0.2) is 76.6 Å². The quantitative estimate of drug-likeness (QED) is 0.537. The maximum Gasteiger partial charge on any atom is 0.262 e. The normalized spacial score (nSPS) is 13.8. The number of sulfonamides is 1. The molecular weight excluding hydrogens is 436 g/mol. The Balaban J connectivity index is 1.47. The van der Waals surface area contributed by atoms with Gasteiger partial charge in [-0.05, 0) is 68.3 Å². The molecule has 0 saturated heterocycles. The summed E-state index contributed by atoms with van der Waals surface area (Å²) in [6.45, 7) is 4.66. The standard InChI is InChI=1S/C25H26N4O3S/c1-18-16-20(19(2)29(18)22-9-4-3-5-10-22)13-14-25(30)27-21-8-6-11-23(17-21)33(31,32)28-24-12-7-15-26-24/h3-6,8-11,13-14,16-17H,7,12,15H2,1-2H3,(H,26,28)(H,27,30)/b14-13+. The van der Waals surface area contributed by atoms with Crippen molar-refractivity contribution < 1.29 is 13.2 Å². The number of rotatable bonds is 6. The molecule has 2 N–H and O–H groups in total. The Morgan fingerprint density at radius 1 is 1.06 bits per heavy atom. The van der Waals surface area contributed by atoms with Crippen molar-refractivity contribution in [3.05, 3.63) is 83.7 Å². The van der Waals surface area contributed by atoms with Crippen molar-refractivity contribution >= 4 is 33.5 Å². The highest BCUT2D eigenvalue weighted by molar-refractivity contribution is 7.90. The number of hydrogen-bond donors (Lipinski definition) is 2. The molecule has 4 rings (SSSR count). The SMILES string of the molecule is Cc1cc(/C=C/C(=O)Nc2cccc(S(=O)(=O)NC3=NCCC3)c2)c(C)n1-c1ccccc1. The molecule has 0 saturated carbocycles. The lowest BCUT2D eigenvalue weighted by molar-refractivity contribution is -0.111. The van der Waals surface area contributed by atoms with Crippen molar-refractivity contribution in [2.24, 2.45) is 4.99 Å². The number of carbonyl (C=O) groups is 1. The van der Waals surface area contributed by atoms with E-state index in [0.29, 0.717) is 24.5 Å². The lowest BCUT2D eigenvalue weighted by Crippen LogP contribution is -2.29. The number of aromatic nitrogens is 1. The van der Waals surface area contributed by atoms with E-state index in [2.05, 4.69) is 19.6 Å². The minimum absolute atomic E-state index is 0.0743. The van der Waals surface area contributed by atoms with Crippen molar-refractivity contribution in [3.63, 3.8) is 0 Å². The summed E-state index contributed by atoms with van der Waals surface area (Å²) in [5.74, 6) is 0.127. The molecule has 1 aliphatic rings. The molecule has 170 valence electrons. The summed E-state index contributed by atoms with van der Waals surface area (Å²) in [6, 6.07) is 18.2. The molecule has 1 aromatic heterocycles. The molecule has 0 spiro atoms. The zero-order chi connectivity index (χ0) is 23.4. The Kier molecular flexibility index (Phi) is 6.46. The van der Waals surface area contributed by atoms with Gasteiger partial charge in [-0.3, -0.25) is 14.5 Å². The Hall–Kier alpha value is -3.65. The first-order valence-electron chi connectivity index (χ1n) is 10.7. The Labute approximate surface area is 193 Å². The van der Waals surface area contributed by atoms with E-state index in [0.717, 1.165) is 29.1 Å². The predicted octanol–water partition coefficient (Wildman–Crippen LogP) is 4.22. The number of aryl methyl sites for hydroxylation is 1.